The predicted molar refractivity (Wildman–Crippen MR) is 112 cm³/mol. The van der Waals surface area contributed by atoms with Crippen LogP contribution in [0.4, 0.5) is 13.2 Å². The standard InChI is InChI=1S/C23H22F3N3O4/c1-13(2)19(28-21(30)16-6-4-5-14(3)11-16)22(31)32-12-18-27-20(29-33-18)15-7-9-17(10-8-15)23(24,25)26/h4-11,13,19H,12H2,1-3H3,(H,28,30)/t19-/m0/s1. The molecule has 2 aromatic carbocycles. The van der Waals surface area contributed by atoms with Crippen molar-refractivity contribution in [1.29, 1.82) is 0 Å². The van der Waals surface area contributed by atoms with Crippen molar-refractivity contribution >= 4 is 11.9 Å². The maximum Gasteiger partial charge on any atom is 0.416 e. The lowest BCUT2D eigenvalue weighted by atomic mass is 10.0. The second-order valence-electron chi connectivity index (χ2n) is 7.76. The first-order valence-corrected chi connectivity index (χ1v) is 10.1. The smallest absolute Gasteiger partial charge is 0.416 e. The second-order valence-corrected chi connectivity index (χ2v) is 7.76. The summed E-state index contributed by atoms with van der Waals surface area (Å²) in [6.45, 7) is 5.03. The highest BCUT2D eigenvalue weighted by Crippen LogP contribution is 2.30. The van der Waals surface area contributed by atoms with Gasteiger partial charge in [-0.05, 0) is 37.1 Å². The highest BCUT2D eigenvalue weighted by molar-refractivity contribution is 5.97. The zero-order valence-electron chi connectivity index (χ0n) is 18.1. The molecule has 1 heterocycles. The molecule has 0 spiro atoms. The van der Waals surface area contributed by atoms with Gasteiger partial charge in [0.1, 0.15) is 6.04 Å². The van der Waals surface area contributed by atoms with Crippen molar-refractivity contribution in [2.24, 2.45) is 5.92 Å². The molecule has 3 aromatic rings. The number of nitrogens with one attached hydrogen (secondary N) is 1. The highest BCUT2D eigenvalue weighted by atomic mass is 19.4. The lowest BCUT2D eigenvalue weighted by molar-refractivity contribution is -0.149. The maximum absolute atomic E-state index is 12.7. The number of halogens is 3. The van der Waals surface area contributed by atoms with Crippen LogP contribution < -0.4 is 5.32 Å². The van der Waals surface area contributed by atoms with E-state index < -0.39 is 29.7 Å². The molecule has 0 bridgehead atoms. The number of aromatic nitrogens is 2. The van der Waals surface area contributed by atoms with E-state index in [4.69, 9.17) is 9.26 Å². The molecule has 1 atom stereocenters. The summed E-state index contributed by atoms with van der Waals surface area (Å²) < 4.78 is 48.3. The Hall–Kier alpha value is -3.69. The molecule has 0 unspecified atom stereocenters. The number of carbonyl (C=O) groups is 2. The van der Waals surface area contributed by atoms with Gasteiger partial charge in [-0.25, -0.2) is 4.79 Å². The van der Waals surface area contributed by atoms with Gasteiger partial charge in [0.05, 0.1) is 5.56 Å². The first kappa shape index (κ1) is 24.0. The molecule has 0 radical (unpaired) electrons. The molecule has 0 fully saturated rings. The Morgan fingerprint density at radius 2 is 1.82 bits per heavy atom. The van der Waals surface area contributed by atoms with Crippen LogP contribution in [0.3, 0.4) is 0 Å². The Morgan fingerprint density at radius 3 is 2.42 bits per heavy atom. The molecular formula is C23H22F3N3O4. The average Bonchev–Trinajstić information content (AvgIpc) is 3.24. The fourth-order valence-electron chi connectivity index (χ4n) is 2.97. The lowest BCUT2D eigenvalue weighted by Crippen LogP contribution is -2.45. The van der Waals surface area contributed by atoms with Gasteiger partial charge in [0, 0.05) is 11.1 Å². The van der Waals surface area contributed by atoms with E-state index in [0.717, 1.165) is 17.7 Å². The topological polar surface area (TPSA) is 94.3 Å². The van der Waals surface area contributed by atoms with Crippen molar-refractivity contribution < 1.29 is 32.0 Å². The molecule has 7 nitrogen and oxygen atoms in total. The summed E-state index contributed by atoms with van der Waals surface area (Å²) in [7, 11) is 0. The number of esters is 1. The number of amides is 1. The number of ether oxygens (including phenoxy) is 1. The van der Waals surface area contributed by atoms with Crippen LogP contribution in [0.15, 0.2) is 53.1 Å². The predicted octanol–water partition coefficient (Wildman–Crippen LogP) is 4.56. The van der Waals surface area contributed by atoms with Gasteiger partial charge in [0.25, 0.3) is 11.8 Å². The molecular weight excluding hydrogens is 439 g/mol. The lowest BCUT2D eigenvalue weighted by Gasteiger charge is -2.20. The normalized spacial score (nSPS) is 12.5. The number of aryl methyl sites for hydroxylation is 1. The van der Waals surface area contributed by atoms with E-state index in [2.05, 4.69) is 15.5 Å². The average molecular weight is 461 g/mol. The van der Waals surface area contributed by atoms with Crippen LogP contribution >= 0.6 is 0 Å². The summed E-state index contributed by atoms with van der Waals surface area (Å²) in [6, 6.07) is 10.3. The van der Waals surface area contributed by atoms with Crippen LogP contribution in [0.5, 0.6) is 0 Å². The van der Waals surface area contributed by atoms with Crippen molar-refractivity contribution in [3.8, 4) is 11.4 Å². The molecule has 33 heavy (non-hydrogen) atoms. The summed E-state index contributed by atoms with van der Waals surface area (Å²) in [5, 5.41) is 6.38. The van der Waals surface area contributed by atoms with Gasteiger partial charge in [0.15, 0.2) is 6.61 Å². The van der Waals surface area contributed by atoms with Crippen molar-refractivity contribution in [2.75, 3.05) is 0 Å². The molecule has 10 heteroatoms. The number of rotatable bonds is 7. The minimum Gasteiger partial charge on any atom is -0.454 e. The van der Waals surface area contributed by atoms with Crippen molar-refractivity contribution in [2.45, 2.75) is 39.6 Å². The molecule has 0 aliphatic heterocycles. The molecule has 0 saturated heterocycles. The zero-order valence-corrected chi connectivity index (χ0v) is 18.1. The molecule has 0 aliphatic carbocycles. The first-order chi connectivity index (χ1) is 15.5. The summed E-state index contributed by atoms with van der Waals surface area (Å²) in [5.41, 5.74) is 0.851. The second kappa shape index (κ2) is 9.85. The van der Waals surface area contributed by atoms with Gasteiger partial charge < -0.3 is 14.6 Å². The number of nitrogens with zero attached hydrogens (tertiary/aromatic N) is 2. The number of alkyl halides is 3. The van der Waals surface area contributed by atoms with Gasteiger partial charge in [0.2, 0.25) is 5.82 Å². The van der Waals surface area contributed by atoms with Crippen LogP contribution in [0.1, 0.15) is 41.2 Å². The fraction of sp³-hybridized carbons (Fsp3) is 0.304. The molecule has 1 amide bonds. The van der Waals surface area contributed by atoms with Gasteiger partial charge in [-0.15, -0.1) is 0 Å². The van der Waals surface area contributed by atoms with E-state index in [1.54, 1.807) is 32.0 Å². The minimum absolute atomic E-state index is 0.0363. The van der Waals surface area contributed by atoms with Crippen molar-refractivity contribution in [1.82, 2.24) is 15.5 Å². The largest absolute Gasteiger partial charge is 0.454 e. The van der Waals surface area contributed by atoms with E-state index in [1.807, 2.05) is 13.0 Å². The summed E-state index contributed by atoms with van der Waals surface area (Å²) in [5.74, 6) is -1.32. The highest BCUT2D eigenvalue weighted by Gasteiger charge is 2.30. The Balaban J connectivity index is 1.62. The van der Waals surface area contributed by atoms with Crippen LogP contribution in [0, 0.1) is 12.8 Å². The Morgan fingerprint density at radius 1 is 1.12 bits per heavy atom. The zero-order chi connectivity index (χ0) is 24.2. The Kier molecular flexibility index (Phi) is 7.15. The van der Waals surface area contributed by atoms with E-state index in [-0.39, 0.29) is 24.2 Å². The van der Waals surface area contributed by atoms with E-state index in [1.165, 1.54) is 12.1 Å². The molecule has 1 N–H and O–H groups in total. The fourth-order valence-corrected chi connectivity index (χ4v) is 2.97. The van der Waals surface area contributed by atoms with Gasteiger partial charge in [-0.1, -0.05) is 48.8 Å². The Bertz CT molecular complexity index is 1120. The minimum atomic E-state index is -4.45. The Labute approximate surface area is 187 Å². The summed E-state index contributed by atoms with van der Waals surface area (Å²) >= 11 is 0. The maximum atomic E-state index is 12.7. The third kappa shape index (κ3) is 6.18. The van der Waals surface area contributed by atoms with E-state index in [9.17, 15) is 22.8 Å². The molecule has 0 aliphatic rings. The van der Waals surface area contributed by atoms with E-state index in [0.29, 0.717) is 11.1 Å². The molecule has 0 saturated carbocycles. The quantitative estimate of drug-likeness (QED) is 0.519. The monoisotopic (exact) mass is 461 g/mol. The summed E-state index contributed by atoms with van der Waals surface area (Å²) in [4.78, 5) is 29.1. The summed E-state index contributed by atoms with van der Waals surface area (Å²) in [6.07, 6.45) is -4.45. The number of hydrogen-bond donors (Lipinski definition) is 1. The molecule has 3 rings (SSSR count). The van der Waals surface area contributed by atoms with Crippen molar-refractivity contribution in [3.05, 3.63) is 71.1 Å². The van der Waals surface area contributed by atoms with Crippen LogP contribution in [-0.2, 0) is 22.3 Å². The van der Waals surface area contributed by atoms with Gasteiger partial charge >= 0.3 is 12.1 Å². The van der Waals surface area contributed by atoms with Gasteiger partial charge in [-0.3, -0.25) is 4.79 Å². The van der Waals surface area contributed by atoms with Gasteiger partial charge in [-0.2, -0.15) is 18.2 Å². The number of benzene rings is 2. The van der Waals surface area contributed by atoms with Crippen LogP contribution in [-0.4, -0.2) is 28.1 Å². The number of hydrogen-bond acceptors (Lipinski definition) is 6. The molecule has 174 valence electrons. The first-order valence-electron chi connectivity index (χ1n) is 10.1. The third-order valence-corrected chi connectivity index (χ3v) is 4.76. The van der Waals surface area contributed by atoms with E-state index >= 15 is 0 Å². The van der Waals surface area contributed by atoms with Crippen molar-refractivity contribution in [3.63, 3.8) is 0 Å². The number of carbonyl (C=O) groups excluding carboxylic acids is 2. The van der Waals surface area contributed by atoms with Crippen LogP contribution in [0.2, 0.25) is 0 Å². The molecule has 1 aromatic heterocycles. The van der Waals surface area contributed by atoms with Crippen LogP contribution in [0.25, 0.3) is 11.4 Å². The third-order valence-electron chi connectivity index (χ3n) is 4.76. The SMILES string of the molecule is Cc1cccc(C(=O)N[C@H](C(=O)OCc2nc(-c3ccc(C(F)(F)F)cc3)no2)C(C)C)c1.